The smallest absolute Gasteiger partial charge is 0.267 e. The summed E-state index contributed by atoms with van der Waals surface area (Å²) in [7, 11) is 1.73. The van der Waals surface area contributed by atoms with E-state index in [0.717, 1.165) is 22.2 Å². The molecule has 0 radical (unpaired) electrons. The zero-order valence-electron chi connectivity index (χ0n) is 16.3. The Kier molecular flexibility index (Phi) is 5.13. The number of carbonyl (C=O) groups excluding carboxylic acids is 2. The molecule has 0 fully saturated rings. The van der Waals surface area contributed by atoms with Crippen molar-refractivity contribution in [2.24, 2.45) is 5.73 Å². The number of rotatable bonds is 6. The number of H-pyrrole nitrogens is 1. The van der Waals surface area contributed by atoms with Crippen molar-refractivity contribution in [3.63, 3.8) is 0 Å². The Labute approximate surface area is 172 Å². The van der Waals surface area contributed by atoms with Crippen molar-refractivity contribution in [1.29, 1.82) is 0 Å². The molecule has 4 N–H and O–H groups in total. The van der Waals surface area contributed by atoms with Crippen molar-refractivity contribution in [3.8, 4) is 0 Å². The van der Waals surface area contributed by atoms with Gasteiger partial charge < -0.3 is 16.0 Å². The van der Waals surface area contributed by atoms with Gasteiger partial charge in [-0.2, -0.15) is 5.10 Å². The molecule has 4 rings (SSSR count). The monoisotopic (exact) mass is 400 g/mol. The minimum atomic E-state index is -0.581. The standard InChI is InChI=1S/C22H20N6O2/c1-28(16-7-6-15-13-26-27-19(15)11-16)22(30)17-4-2-3-5-18(17)25-12-14-8-9-24-20(10-14)21(23)29/h2-11,13,25H,12H2,1H3,(H2,23,29)(H,26,27). The highest BCUT2D eigenvalue weighted by Crippen LogP contribution is 2.24. The van der Waals surface area contributed by atoms with Crippen LogP contribution < -0.4 is 16.0 Å². The van der Waals surface area contributed by atoms with Crippen LogP contribution in [0.5, 0.6) is 0 Å². The highest BCUT2D eigenvalue weighted by molar-refractivity contribution is 6.09. The van der Waals surface area contributed by atoms with Crippen molar-refractivity contribution in [3.05, 3.63) is 83.8 Å². The molecule has 0 unspecified atom stereocenters. The van der Waals surface area contributed by atoms with Crippen LogP contribution in [0.4, 0.5) is 11.4 Å². The Morgan fingerprint density at radius 1 is 1.13 bits per heavy atom. The van der Waals surface area contributed by atoms with Crippen LogP contribution in [-0.4, -0.2) is 34.0 Å². The largest absolute Gasteiger partial charge is 0.380 e. The molecule has 2 aromatic carbocycles. The first kappa shape index (κ1) is 19.1. The Morgan fingerprint density at radius 2 is 1.97 bits per heavy atom. The Hall–Kier alpha value is -4.20. The second-order valence-electron chi connectivity index (χ2n) is 6.81. The van der Waals surface area contributed by atoms with Gasteiger partial charge in [0.2, 0.25) is 0 Å². The highest BCUT2D eigenvalue weighted by atomic mass is 16.2. The van der Waals surface area contributed by atoms with E-state index in [2.05, 4.69) is 20.5 Å². The molecular weight excluding hydrogens is 380 g/mol. The molecule has 2 heterocycles. The number of aromatic nitrogens is 3. The minimum Gasteiger partial charge on any atom is -0.380 e. The third-order valence-corrected chi connectivity index (χ3v) is 4.83. The lowest BCUT2D eigenvalue weighted by Crippen LogP contribution is -2.27. The van der Waals surface area contributed by atoms with Gasteiger partial charge in [-0.05, 0) is 48.0 Å². The molecular formula is C22H20N6O2. The summed E-state index contributed by atoms with van der Waals surface area (Å²) in [5.41, 5.74) is 9.08. The van der Waals surface area contributed by atoms with E-state index in [4.69, 9.17) is 5.73 Å². The van der Waals surface area contributed by atoms with Crippen molar-refractivity contribution in [1.82, 2.24) is 15.2 Å². The van der Waals surface area contributed by atoms with Gasteiger partial charge in [0.1, 0.15) is 5.69 Å². The summed E-state index contributed by atoms with van der Waals surface area (Å²) in [6.07, 6.45) is 3.34. The number of benzene rings is 2. The molecule has 0 bridgehead atoms. The molecule has 8 heteroatoms. The maximum absolute atomic E-state index is 13.2. The van der Waals surface area contributed by atoms with Crippen LogP contribution in [0.25, 0.3) is 10.9 Å². The second-order valence-corrected chi connectivity index (χ2v) is 6.81. The lowest BCUT2D eigenvalue weighted by atomic mass is 10.1. The number of anilines is 2. The second kappa shape index (κ2) is 8.04. The molecule has 4 aromatic rings. The molecule has 8 nitrogen and oxygen atoms in total. The maximum atomic E-state index is 13.2. The number of nitrogens with zero attached hydrogens (tertiary/aromatic N) is 3. The average Bonchev–Trinajstić information content (AvgIpc) is 3.25. The lowest BCUT2D eigenvalue weighted by Gasteiger charge is -2.20. The van der Waals surface area contributed by atoms with Gasteiger partial charge in [-0.1, -0.05) is 12.1 Å². The number of aromatic amines is 1. The van der Waals surface area contributed by atoms with Crippen LogP contribution in [-0.2, 0) is 6.54 Å². The number of para-hydroxylation sites is 1. The topological polar surface area (TPSA) is 117 Å². The summed E-state index contributed by atoms with van der Waals surface area (Å²) in [5, 5.41) is 11.2. The third kappa shape index (κ3) is 3.83. The molecule has 30 heavy (non-hydrogen) atoms. The van der Waals surface area contributed by atoms with Crippen LogP contribution in [0.2, 0.25) is 0 Å². The predicted molar refractivity (Wildman–Crippen MR) is 115 cm³/mol. The molecule has 0 spiro atoms. The molecule has 0 atom stereocenters. The molecule has 2 amide bonds. The van der Waals surface area contributed by atoms with E-state index >= 15 is 0 Å². The van der Waals surface area contributed by atoms with Crippen LogP contribution in [0, 0.1) is 0 Å². The fourth-order valence-corrected chi connectivity index (χ4v) is 3.17. The fraction of sp³-hybridized carbons (Fsp3) is 0.0909. The number of fused-ring (bicyclic) bond motifs is 1. The van der Waals surface area contributed by atoms with Crippen LogP contribution in [0.15, 0.2) is 67.0 Å². The molecule has 0 saturated carbocycles. The summed E-state index contributed by atoms with van der Waals surface area (Å²) in [6, 6.07) is 16.4. The van der Waals surface area contributed by atoms with Crippen LogP contribution in [0.1, 0.15) is 26.4 Å². The SMILES string of the molecule is CN(C(=O)c1ccccc1NCc1ccnc(C(N)=O)c1)c1ccc2c[nH]nc2c1. The first-order valence-corrected chi connectivity index (χ1v) is 9.32. The van der Waals surface area contributed by atoms with Gasteiger partial charge in [0, 0.05) is 42.7 Å². The number of amides is 2. The summed E-state index contributed by atoms with van der Waals surface area (Å²) in [5.74, 6) is -0.733. The summed E-state index contributed by atoms with van der Waals surface area (Å²) in [6.45, 7) is 0.413. The molecule has 0 aliphatic rings. The van der Waals surface area contributed by atoms with Gasteiger partial charge in [-0.25, -0.2) is 0 Å². The van der Waals surface area contributed by atoms with Crippen molar-refractivity contribution in [2.45, 2.75) is 6.54 Å². The average molecular weight is 400 g/mol. The van der Waals surface area contributed by atoms with Crippen molar-refractivity contribution >= 4 is 34.1 Å². The Morgan fingerprint density at radius 3 is 2.80 bits per heavy atom. The number of hydrogen-bond donors (Lipinski definition) is 3. The quantitative estimate of drug-likeness (QED) is 0.460. The highest BCUT2D eigenvalue weighted by Gasteiger charge is 2.17. The number of hydrogen-bond acceptors (Lipinski definition) is 5. The number of primary amides is 1. The third-order valence-electron chi connectivity index (χ3n) is 4.83. The summed E-state index contributed by atoms with van der Waals surface area (Å²) >= 11 is 0. The summed E-state index contributed by atoms with van der Waals surface area (Å²) in [4.78, 5) is 30.0. The normalized spacial score (nSPS) is 10.7. The number of nitrogens with one attached hydrogen (secondary N) is 2. The molecule has 2 aromatic heterocycles. The van der Waals surface area contributed by atoms with Gasteiger partial charge in [0.15, 0.2) is 0 Å². The zero-order valence-corrected chi connectivity index (χ0v) is 16.3. The first-order chi connectivity index (χ1) is 14.5. The van der Waals surface area contributed by atoms with E-state index in [1.807, 2.05) is 42.6 Å². The first-order valence-electron chi connectivity index (χ1n) is 9.32. The number of carbonyl (C=O) groups is 2. The van der Waals surface area contributed by atoms with Crippen LogP contribution >= 0.6 is 0 Å². The number of pyridine rings is 1. The summed E-state index contributed by atoms with van der Waals surface area (Å²) < 4.78 is 0. The van der Waals surface area contributed by atoms with E-state index in [-0.39, 0.29) is 11.6 Å². The van der Waals surface area contributed by atoms with Crippen LogP contribution in [0.3, 0.4) is 0 Å². The Bertz CT molecular complexity index is 1230. The zero-order chi connectivity index (χ0) is 21.1. The van der Waals surface area contributed by atoms with E-state index in [9.17, 15) is 9.59 Å². The van der Waals surface area contributed by atoms with Crippen molar-refractivity contribution < 1.29 is 9.59 Å². The van der Waals surface area contributed by atoms with Crippen molar-refractivity contribution in [2.75, 3.05) is 17.3 Å². The van der Waals surface area contributed by atoms with Gasteiger partial charge >= 0.3 is 0 Å². The predicted octanol–water partition coefficient (Wildman–Crippen LogP) is 2.95. The van der Waals surface area contributed by atoms with E-state index in [1.165, 1.54) is 6.20 Å². The van der Waals surface area contributed by atoms with Gasteiger partial charge in [0.25, 0.3) is 11.8 Å². The lowest BCUT2D eigenvalue weighted by molar-refractivity contribution is 0.0986. The molecule has 0 aliphatic carbocycles. The van der Waals surface area contributed by atoms with Gasteiger partial charge in [-0.3, -0.25) is 19.7 Å². The van der Waals surface area contributed by atoms with E-state index in [1.54, 1.807) is 30.1 Å². The molecule has 150 valence electrons. The van der Waals surface area contributed by atoms with Gasteiger partial charge in [-0.15, -0.1) is 0 Å². The Balaban J connectivity index is 1.55. The fourth-order valence-electron chi connectivity index (χ4n) is 3.17. The van der Waals surface area contributed by atoms with Gasteiger partial charge in [0.05, 0.1) is 11.1 Å². The maximum Gasteiger partial charge on any atom is 0.267 e. The van der Waals surface area contributed by atoms with E-state index in [0.29, 0.717) is 17.8 Å². The molecule has 0 aliphatic heterocycles. The van der Waals surface area contributed by atoms with E-state index < -0.39 is 5.91 Å². The molecule has 0 saturated heterocycles. The minimum absolute atomic E-state index is 0.152. The number of nitrogens with two attached hydrogens (primary N) is 1.